The Labute approximate surface area is 107 Å². The maximum absolute atomic E-state index is 6.17. The van der Waals surface area contributed by atoms with Gasteiger partial charge >= 0.3 is 0 Å². The van der Waals surface area contributed by atoms with Crippen LogP contribution in [-0.4, -0.2) is 17.0 Å². The van der Waals surface area contributed by atoms with Crippen LogP contribution in [0.15, 0.2) is 0 Å². The summed E-state index contributed by atoms with van der Waals surface area (Å²) in [6.45, 7) is 4.47. The third-order valence-electron chi connectivity index (χ3n) is 4.96. The van der Waals surface area contributed by atoms with Crippen LogP contribution < -0.4 is 0 Å². The van der Waals surface area contributed by atoms with Gasteiger partial charge in [0.05, 0.1) is 11.7 Å². The van der Waals surface area contributed by atoms with E-state index in [-0.39, 0.29) is 5.60 Å². The molecule has 16 heavy (non-hydrogen) atoms. The molecule has 0 aromatic heterocycles. The highest BCUT2D eigenvalue weighted by Gasteiger charge is 2.54. The molecule has 0 bridgehead atoms. The lowest BCUT2D eigenvalue weighted by Gasteiger charge is -2.32. The van der Waals surface area contributed by atoms with Crippen molar-refractivity contribution in [2.24, 2.45) is 17.3 Å². The Balaban J connectivity index is 1.61. The topological polar surface area (TPSA) is 9.23 Å². The molecule has 3 fully saturated rings. The minimum atomic E-state index is 0.139. The zero-order valence-electron chi connectivity index (χ0n) is 10.5. The maximum atomic E-state index is 6.17. The minimum Gasteiger partial charge on any atom is -0.372 e. The van der Waals surface area contributed by atoms with Crippen LogP contribution in [0.25, 0.3) is 0 Å². The second-order valence-electron chi connectivity index (χ2n) is 7.04. The van der Waals surface area contributed by atoms with E-state index in [4.69, 9.17) is 4.74 Å². The standard InChI is InChI=1S/C14H23BrO/c1-13(2)4-3-12(16-13)8-14(9-15)6-10-5-11(10)7-14/h10-12H,3-9H2,1-2H3. The molecule has 3 atom stereocenters. The Kier molecular flexibility index (Phi) is 2.68. The fourth-order valence-corrected chi connectivity index (χ4v) is 4.73. The molecule has 0 N–H and O–H groups in total. The highest BCUT2D eigenvalue weighted by Crippen LogP contribution is 2.62. The number of fused-ring (bicyclic) bond motifs is 1. The van der Waals surface area contributed by atoms with Crippen molar-refractivity contribution in [3.63, 3.8) is 0 Å². The van der Waals surface area contributed by atoms with Crippen molar-refractivity contribution in [2.45, 2.75) is 64.1 Å². The predicted octanol–water partition coefficient (Wildman–Crippen LogP) is 4.15. The van der Waals surface area contributed by atoms with Crippen LogP contribution in [-0.2, 0) is 4.74 Å². The average molecular weight is 287 g/mol. The van der Waals surface area contributed by atoms with Crippen molar-refractivity contribution in [1.82, 2.24) is 0 Å². The van der Waals surface area contributed by atoms with Gasteiger partial charge in [-0.3, -0.25) is 0 Å². The Bertz CT molecular complexity index is 276. The zero-order valence-corrected chi connectivity index (χ0v) is 12.1. The molecule has 1 saturated heterocycles. The fraction of sp³-hybridized carbons (Fsp3) is 1.00. The van der Waals surface area contributed by atoms with Gasteiger partial charge in [0.25, 0.3) is 0 Å². The number of hydrogen-bond donors (Lipinski definition) is 0. The van der Waals surface area contributed by atoms with Crippen LogP contribution in [0.5, 0.6) is 0 Å². The highest BCUT2D eigenvalue weighted by molar-refractivity contribution is 9.09. The summed E-state index contributed by atoms with van der Waals surface area (Å²) in [6.07, 6.45) is 8.79. The highest BCUT2D eigenvalue weighted by atomic mass is 79.9. The fourth-order valence-electron chi connectivity index (χ4n) is 4.04. The van der Waals surface area contributed by atoms with Gasteiger partial charge in [-0.15, -0.1) is 0 Å². The monoisotopic (exact) mass is 286 g/mol. The Hall–Kier alpha value is 0.440. The van der Waals surface area contributed by atoms with E-state index >= 15 is 0 Å². The average Bonchev–Trinajstić information content (AvgIpc) is 2.67. The largest absolute Gasteiger partial charge is 0.372 e. The third kappa shape index (κ3) is 2.08. The molecule has 3 rings (SSSR count). The molecular formula is C14H23BrO. The van der Waals surface area contributed by atoms with Crippen molar-refractivity contribution in [2.75, 3.05) is 5.33 Å². The Morgan fingerprint density at radius 3 is 2.44 bits per heavy atom. The molecule has 0 aromatic rings. The Morgan fingerprint density at radius 2 is 1.94 bits per heavy atom. The van der Waals surface area contributed by atoms with Crippen LogP contribution in [0, 0.1) is 17.3 Å². The summed E-state index contributed by atoms with van der Waals surface area (Å²) in [6, 6.07) is 0. The molecule has 1 heterocycles. The summed E-state index contributed by atoms with van der Waals surface area (Å²) >= 11 is 3.76. The maximum Gasteiger partial charge on any atom is 0.0631 e. The molecule has 2 heteroatoms. The molecular weight excluding hydrogens is 264 g/mol. The van der Waals surface area contributed by atoms with Gasteiger partial charge in [0.2, 0.25) is 0 Å². The van der Waals surface area contributed by atoms with Crippen LogP contribution in [0.2, 0.25) is 0 Å². The van der Waals surface area contributed by atoms with Crippen LogP contribution >= 0.6 is 15.9 Å². The van der Waals surface area contributed by atoms with Crippen LogP contribution in [0.4, 0.5) is 0 Å². The van der Waals surface area contributed by atoms with Gasteiger partial charge < -0.3 is 4.74 Å². The normalized spacial score (nSPS) is 49.3. The van der Waals surface area contributed by atoms with Crippen molar-refractivity contribution in [3.05, 3.63) is 0 Å². The van der Waals surface area contributed by atoms with E-state index in [1.807, 2.05) is 0 Å². The summed E-state index contributed by atoms with van der Waals surface area (Å²) in [4.78, 5) is 0. The molecule has 0 radical (unpaired) electrons. The molecule has 1 nitrogen and oxygen atoms in total. The molecule has 0 spiro atoms. The second-order valence-corrected chi connectivity index (χ2v) is 7.60. The first-order valence-corrected chi connectivity index (χ1v) is 7.88. The van der Waals surface area contributed by atoms with Crippen LogP contribution in [0.1, 0.15) is 52.4 Å². The van der Waals surface area contributed by atoms with E-state index in [2.05, 4.69) is 29.8 Å². The van der Waals surface area contributed by atoms with Gasteiger partial charge in [-0.2, -0.15) is 0 Å². The summed E-state index contributed by atoms with van der Waals surface area (Å²) in [5, 5.41) is 1.19. The molecule has 0 amide bonds. The zero-order chi connectivity index (χ0) is 11.4. The van der Waals surface area contributed by atoms with E-state index in [0.717, 1.165) is 11.8 Å². The van der Waals surface area contributed by atoms with Gasteiger partial charge in [0.15, 0.2) is 0 Å². The second kappa shape index (κ2) is 3.71. The summed E-state index contributed by atoms with van der Waals surface area (Å²) in [7, 11) is 0. The summed E-state index contributed by atoms with van der Waals surface area (Å²) in [5.41, 5.74) is 0.721. The first kappa shape index (κ1) is 11.5. The first-order valence-electron chi connectivity index (χ1n) is 6.76. The molecule has 2 aliphatic carbocycles. The smallest absolute Gasteiger partial charge is 0.0631 e. The van der Waals surface area contributed by atoms with E-state index in [1.54, 1.807) is 0 Å². The third-order valence-corrected chi connectivity index (χ3v) is 6.15. The van der Waals surface area contributed by atoms with Gasteiger partial charge in [0.1, 0.15) is 0 Å². The minimum absolute atomic E-state index is 0.139. The van der Waals surface area contributed by atoms with Crippen molar-refractivity contribution in [1.29, 1.82) is 0 Å². The first-order chi connectivity index (χ1) is 7.52. The van der Waals surface area contributed by atoms with Crippen molar-refractivity contribution >= 4 is 15.9 Å². The molecule has 3 unspecified atom stereocenters. The SMILES string of the molecule is CC1(C)CCC(CC2(CBr)CC3CC3C2)O1. The molecule has 2 saturated carbocycles. The summed E-state index contributed by atoms with van der Waals surface area (Å²) < 4.78 is 6.17. The van der Waals surface area contributed by atoms with Crippen LogP contribution in [0.3, 0.4) is 0 Å². The van der Waals surface area contributed by atoms with E-state index in [1.165, 1.54) is 43.9 Å². The van der Waals surface area contributed by atoms with Gasteiger partial charge in [0, 0.05) is 5.33 Å². The number of alkyl halides is 1. The number of ether oxygens (including phenoxy) is 1. The van der Waals surface area contributed by atoms with E-state index < -0.39 is 0 Å². The lowest BCUT2D eigenvalue weighted by molar-refractivity contribution is -0.0336. The van der Waals surface area contributed by atoms with Gasteiger partial charge in [-0.05, 0) is 69.6 Å². The lowest BCUT2D eigenvalue weighted by Crippen LogP contribution is -2.28. The summed E-state index contributed by atoms with van der Waals surface area (Å²) in [5.74, 6) is 2.15. The van der Waals surface area contributed by atoms with E-state index in [9.17, 15) is 0 Å². The predicted molar refractivity (Wildman–Crippen MR) is 69.9 cm³/mol. The van der Waals surface area contributed by atoms with Crippen molar-refractivity contribution < 1.29 is 4.74 Å². The number of rotatable bonds is 3. The lowest BCUT2D eigenvalue weighted by atomic mass is 9.79. The van der Waals surface area contributed by atoms with Gasteiger partial charge in [-0.1, -0.05) is 15.9 Å². The number of halogens is 1. The molecule has 1 aliphatic heterocycles. The number of hydrogen-bond acceptors (Lipinski definition) is 1. The van der Waals surface area contributed by atoms with Gasteiger partial charge in [-0.25, -0.2) is 0 Å². The molecule has 3 aliphatic rings. The Morgan fingerprint density at radius 1 is 1.25 bits per heavy atom. The quantitative estimate of drug-likeness (QED) is 0.709. The van der Waals surface area contributed by atoms with E-state index in [0.29, 0.717) is 11.5 Å². The molecule has 92 valence electrons. The molecule has 0 aromatic carbocycles. The van der Waals surface area contributed by atoms with Crippen molar-refractivity contribution in [3.8, 4) is 0 Å².